The van der Waals surface area contributed by atoms with Crippen LogP contribution in [0.15, 0.2) is 0 Å². The topological polar surface area (TPSA) is 129 Å². The minimum Gasteiger partial charge on any atom is -0.378 e. The Kier molecular flexibility index (Phi) is 5.19. The number of nitrogens with one attached hydrogen (secondary N) is 1. The van der Waals surface area contributed by atoms with Gasteiger partial charge in [0.25, 0.3) is 0 Å². The molecule has 10 heteroatoms. The Morgan fingerprint density at radius 3 is 2.68 bits per heavy atom. The Hall–Kier alpha value is -2.20. The molecule has 3 atom stereocenters. The first-order valence-corrected chi connectivity index (χ1v) is 8.51. The predicted molar refractivity (Wildman–Crippen MR) is 92.8 cm³/mol. The molecule has 0 amide bonds. The van der Waals surface area contributed by atoms with Gasteiger partial charge in [-0.2, -0.15) is 9.97 Å². The number of rotatable bonds is 5. The van der Waals surface area contributed by atoms with E-state index in [4.69, 9.17) is 15.2 Å². The molecule has 2 aliphatic heterocycles. The van der Waals surface area contributed by atoms with E-state index in [9.17, 15) is 10.1 Å². The van der Waals surface area contributed by atoms with Gasteiger partial charge in [-0.15, -0.1) is 0 Å². The van der Waals surface area contributed by atoms with Crippen molar-refractivity contribution in [1.82, 2.24) is 9.97 Å². The number of aromatic nitrogens is 2. The van der Waals surface area contributed by atoms with E-state index in [1.54, 1.807) is 0 Å². The van der Waals surface area contributed by atoms with Gasteiger partial charge in [-0.3, -0.25) is 10.1 Å². The Labute approximate surface area is 145 Å². The van der Waals surface area contributed by atoms with Crippen LogP contribution in [0.25, 0.3) is 0 Å². The largest absolute Gasteiger partial charge is 0.378 e. The lowest BCUT2D eigenvalue weighted by Crippen LogP contribution is -2.46. The van der Waals surface area contributed by atoms with Gasteiger partial charge < -0.3 is 25.4 Å². The molecule has 2 fully saturated rings. The molecule has 138 valence electrons. The van der Waals surface area contributed by atoms with Crippen molar-refractivity contribution in [2.24, 2.45) is 0 Å². The highest BCUT2D eigenvalue weighted by molar-refractivity contribution is 5.70. The van der Waals surface area contributed by atoms with Crippen molar-refractivity contribution in [3.8, 4) is 0 Å². The molecular weight excluding hydrogens is 328 g/mol. The third kappa shape index (κ3) is 4.07. The maximum atomic E-state index is 11.4. The molecule has 0 bridgehead atoms. The van der Waals surface area contributed by atoms with Gasteiger partial charge in [-0.1, -0.05) is 0 Å². The summed E-state index contributed by atoms with van der Waals surface area (Å²) in [4.78, 5) is 21.3. The molecule has 1 aromatic rings. The van der Waals surface area contributed by atoms with Gasteiger partial charge in [0.2, 0.25) is 17.6 Å². The molecule has 2 aliphatic rings. The number of ether oxygens (including phenoxy) is 2. The average molecular weight is 352 g/mol. The van der Waals surface area contributed by atoms with Crippen LogP contribution in [0.3, 0.4) is 0 Å². The summed E-state index contributed by atoms with van der Waals surface area (Å²) in [5.74, 6) is 0.367. The van der Waals surface area contributed by atoms with Gasteiger partial charge in [0.15, 0.2) is 0 Å². The summed E-state index contributed by atoms with van der Waals surface area (Å²) in [6.45, 7) is 6.31. The van der Waals surface area contributed by atoms with Gasteiger partial charge >= 0.3 is 5.69 Å². The van der Waals surface area contributed by atoms with Gasteiger partial charge in [-0.25, -0.2) is 0 Å². The summed E-state index contributed by atoms with van der Waals surface area (Å²) in [6.07, 6.45) is 1.99. The minimum absolute atomic E-state index is 0.0204. The number of anilines is 3. The highest BCUT2D eigenvalue weighted by Gasteiger charge is 2.29. The fourth-order valence-electron chi connectivity index (χ4n) is 3.26. The molecule has 1 aromatic heterocycles. The number of nitro groups is 1. The lowest BCUT2D eigenvalue weighted by molar-refractivity contribution is -0.383. The zero-order chi connectivity index (χ0) is 18.0. The Morgan fingerprint density at radius 2 is 2.08 bits per heavy atom. The highest BCUT2D eigenvalue weighted by atomic mass is 16.6. The summed E-state index contributed by atoms with van der Waals surface area (Å²) >= 11 is 0. The van der Waals surface area contributed by atoms with Crippen molar-refractivity contribution in [3.63, 3.8) is 0 Å². The summed E-state index contributed by atoms with van der Waals surface area (Å²) in [5, 5.41) is 14.4. The van der Waals surface area contributed by atoms with Crippen LogP contribution in [0, 0.1) is 10.1 Å². The summed E-state index contributed by atoms with van der Waals surface area (Å²) in [7, 11) is 0. The lowest BCUT2D eigenvalue weighted by atomic mass is 10.2. The summed E-state index contributed by atoms with van der Waals surface area (Å²) < 4.78 is 11.3. The summed E-state index contributed by atoms with van der Waals surface area (Å²) in [6, 6.07) is 0. The van der Waals surface area contributed by atoms with Crippen LogP contribution < -0.4 is 16.0 Å². The molecule has 10 nitrogen and oxygen atoms in total. The molecule has 0 aliphatic carbocycles. The number of nitrogen functional groups attached to an aromatic ring is 1. The monoisotopic (exact) mass is 352 g/mol. The minimum atomic E-state index is -0.554. The van der Waals surface area contributed by atoms with E-state index < -0.39 is 4.92 Å². The molecule has 3 unspecified atom stereocenters. The fourth-order valence-corrected chi connectivity index (χ4v) is 3.26. The first-order valence-electron chi connectivity index (χ1n) is 8.51. The predicted octanol–water partition coefficient (Wildman–Crippen LogP) is 1.17. The van der Waals surface area contributed by atoms with Crippen LogP contribution >= 0.6 is 0 Å². The van der Waals surface area contributed by atoms with Crippen molar-refractivity contribution in [3.05, 3.63) is 10.1 Å². The van der Waals surface area contributed by atoms with Gasteiger partial charge in [0.05, 0.1) is 23.2 Å². The highest BCUT2D eigenvalue weighted by Crippen LogP contribution is 2.31. The number of nitrogens with zero attached hydrogens (tertiary/aromatic N) is 4. The summed E-state index contributed by atoms with van der Waals surface area (Å²) in [5.41, 5.74) is 5.57. The van der Waals surface area contributed by atoms with Crippen LogP contribution in [-0.4, -0.2) is 59.4 Å². The number of hydrogen-bond acceptors (Lipinski definition) is 9. The second-order valence-corrected chi connectivity index (χ2v) is 6.54. The maximum absolute atomic E-state index is 11.4. The molecule has 3 heterocycles. The molecule has 3 rings (SSSR count). The van der Waals surface area contributed by atoms with E-state index in [0.717, 1.165) is 19.4 Å². The molecule has 25 heavy (non-hydrogen) atoms. The van der Waals surface area contributed by atoms with E-state index in [-0.39, 0.29) is 35.6 Å². The van der Waals surface area contributed by atoms with Crippen LogP contribution in [0.1, 0.15) is 26.7 Å². The van der Waals surface area contributed by atoms with Crippen molar-refractivity contribution >= 4 is 23.3 Å². The molecule has 2 saturated heterocycles. The first-order chi connectivity index (χ1) is 11.9. The van der Waals surface area contributed by atoms with Gasteiger partial charge in [0.1, 0.15) is 0 Å². The van der Waals surface area contributed by atoms with Gasteiger partial charge in [-0.05, 0) is 26.7 Å². The molecule has 0 aromatic carbocycles. The maximum Gasteiger partial charge on any atom is 0.353 e. The van der Waals surface area contributed by atoms with Crippen molar-refractivity contribution in [2.75, 3.05) is 42.2 Å². The van der Waals surface area contributed by atoms with E-state index in [2.05, 4.69) is 15.3 Å². The Balaban J connectivity index is 1.85. The van der Waals surface area contributed by atoms with Crippen LogP contribution in [-0.2, 0) is 9.47 Å². The second kappa shape index (κ2) is 7.36. The van der Waals surface area contributed by atoms with E-state index >= 15 is 0 Å². The standard InChI is InChI=1S/C15H24N6O4/c1-9-7-20(8-10(2)25-9)15-18-13(16)12(21(22)23)14(19-15)17-6-11-4-3-5-24-11/h9-11H,3-8H2,1-2H3,(H3,16,17,18,19). The van der Waals surface area contributed by atoms with Gasteiger partial charge in [0, 0.05) is 26.2 Å². The molecule has 0 saturated carbocycles. The number of nitrogens with two attached hydrogens (primary N) is 1. The first kappa shape index (κ1) is 17.6. The van der Waals surface area contributed by atoms with Crippen LogP contribution in [0.2, 0.25) is 0 Å². The van der Waals surface area contributed by atoms with Crippen LogP contribution in [0.5, 0.6) is 0 Å². The molecule has 3 N–H and O–H groups in total. The van der Waals surface area contributed by atoms with E-state index in [1.807, 2.05) is 18.7 Å². The third-order valence-corrected chi connectivity index (χ3v) is 4.31. The quantitative estimate of drug-likeness (QED) is 0.592. The van der Waals surface area contributed by atoms with Crippen LogP contribution in [0.4, 0.5) is 23.3 Å². The smallest absolute Gasteiger partial charge is 0.353 e. The molecular formula is C15H24N6O4. The zero-order valence-corrected chi connectivity index (χ0v) is 14.5. The average Bonchev–Trinajstić information content (AvgIpc) is 3.04. The third-order valence-electron chi connectivity index (χ3n) is 4.31. The zero-order valence-electron chi connectivity index (χ0n) is 14.5. The van der Waals surface area contributed by atoms with Crippen molar-refractivity contribution in [2.45, 2.75) is 45.0 Å². The lowest BCUT2D eigenvalue weighted by Gasteiger charge is -2.35. The van der Waals surface area contributed by atoms with Crippen molar-refractivity contribution in [1.29, 1.82) is 0 Å². The molecule has 0 spiro atoms. The molecule has 0 radical (unpaired) electrons. The van der Waals surface area contributed by atoms with E-state index in [0.29, 0.717) is 25.6 Å². The number of morpholine rings is 1. The normalized spacial score (nSPS) is 26.6. The number of hydrogen-bond donors (Lipinski definition) is 2. The SMILES string of the molecule is CC1CN(c2nc(N)c([N+](=O)[O-])c(NCC3CCCO3)n2)CC(C)O1. The second-order valence-electron chi connectivity index (χ2n) is 6.54. The van der Waals surface area contributed by atoms with E-state index in [1.165, 1.54) is 0 Å². The Bertz CT molecular complexity index is 627. The fraction of sp³-hybridized carbons (Fsp3) is 0.733. The van der Waals surface area contributed by atoms with Crippen molar-refractivity contribution < 1.29 is 14.4 Å². The Morgan fingerprint density at radius 1 is 1.36 bits per heavy atom.